The lowest BCUT2D eigenvalue weighted by molar-refractivity contribution is 0.669. The Labute approximate surface area is 641 Å². The molecule has 0 bridgehead atoms. The summed E-state index contributed by atoms with van der Waals surface area (Å²) in [6.07, 6.45) is 22.1. The van der Waals surface area contributed by atoms with Gasteiger partial charge in [0.15, 0.2) is 22.3 Å². The van der Waals surface area contributed by atoms with Gasteiger partial charge < -0.3 is 17.7 Å². The van der Waals surface area contributed by atoms with Crippen molar-refractivity contribution in [3.05, 3.63) is 366 Å². The van der Waals surface area contributed by atoms with Crippen molar-refractivity contribution >= 4 is 88.3 Å². The van der Waals surface area contributed by atoms with Crippen LogP contribution in [-0.2, 0) is 0 Å². The predicted molar refractivity (Wildman–Crippen MR) is 450 cm³/mol. The second-order valence-corrected chi connectivity index (χ2v) is 27.8. The van der Waals surface area contributed by atoms with Crippen LogP contribution in [0.1, 0.15) is 0 Å². The van der Waals surface area contributed by atoms with E-state index < -0.39 is 0 Å². The summed E-state index contributed by atoms with van der Waals surface area (Å²) in [6, 6.07) is 101. The van der Waals surface area contributed by atoms with Gasteiger partial charge >= 0.3 is 0 Å². The van der Waals surface area contributed by atoms with Gasteiger partial charge in [-0.25, -0.2) is 0 Å². The minimum atomic E-state index is 0.766. The first-order valence-electron chi connectivity index (χ1n) is 37.0. The highest BCUT2D eigenvalue weighted by Crippen LogP contribution is 2.44. The van der Waals surface area contributed by atoms with Gasteiger partial charge in [0.05, 0.1) is 0 Å². The van der Waals surface area contributed by atoms with Gasteiger partial charge in [-0.2, -0.15) is 0 Å². The molecule has 10 aromatic carbocycles. The molecule has 0 saturated carbocycles. The summed E-state index contributed by atoms with van der Waals surface area (Å²) < 4.78 is 26.0. The Bertz CT molecular complexity index is 6480. The fourth-order valence-electron chi connectivity index (χ4n) is 15.6. The van der Waals surface area contributed by atoms with Gasteiger partial charge in [-0.05, 0) is 234 Å². The molecule has 12 nitrogen and oxygen atoms in total. The topological polar surface area (TPSA) is 156 Å². The van der Waals surface area contributed by atoms with E-state index in [2.05, 4.69) is 226 Å². The fourth-order valence-corrected chi connectivity index (χ4v) is 15.6. The number of nitrogens with zero attached hydrogens (tertiary/aromatic N) is 8. The molecular formula is C100H60N8O4. The Morgan fingerprint density at radius 1 is 0.161 bits per heavy atom. The van der Waals surface area contributed by atoms with Gasteiger partial charge in [-0.15, -0.1) is 0 Å². The Kier molecular flexibility index (Phi) is 15.9. The van der Waals surface area contributed by atoms with Crippen LogP contribution in [0.15, 0.2) is 383 Å². The third-order valence-electron chi connectivity index (χ3n) is 21.2. The molecule has 0 saturated heterocycles. The van der Waals surface area contributed by atoms with Crippen LogP contribution < -0.4 is 0 Å². The molecule has 0 spiro atoms. The van der Waals surface area contributed by atoms with E-state index in [1.54, 1.807) is 12.4 Å². The molecule has 0 radical (unpaired) electrons. The average molecular weight is 1440 g/mol. The minimum Gasteiger partial charge on any atom is -0.454 e. The summed E-state index contributed by atoms with van der Waals surface area (Å²) in [5.41, 5.74) is 35.6. The predicted octanol–water partition coefficient (Wildman–Crippen LogP) is 26.1. The maximum Gasteiger partial charge on any atom is 0.161 e. The van der Waals surface area contributed by atoms with E-state index in [0.29, 0.717) is 0 Å². The summed E-state index contributed by atoms with van der Waals surface area (Å²) in [4.78, 5) is 36.1. The number of fused-ring (bicyclic) bond motifs is 12. The Morgan fingerprint density at radius 3 is 0.652 bits per heavy atom. The lowest BCUT2D eigenvalue weighted by Crippen LogP contribution is -1.85. The van der Waals surface area contributed by atoms with Crippen LogP contribution in [0.2, 0.25) is 0 Å². The SMILES string of the molecule is c1cc(-c2ccncc2)cc(-c2ccc3oc4c(-c5ccc(-c6ccnc7c6oc6ccc(-c8cccc(-c9ccncc9)c8)cc67)cc5)ccnc4c3c2)c1.c1cncc(-c2cccc(-c3ccc4oc5c(-c6ccc(-c7ccnc8c7oc7ccc(-c9cccc(-c%10cccnc%10)c9)cc78)cc6)ccnc5c4c3)c2)c1. The lowest BCUT2D eigenvalue weighted by Gasteiger charge is -2.06. The smallest absolute Gasteiger partial charge is 0.161 e. The second kappa shape index (κ2) is 27.4. The Morgan fingerprint density at radius 2 is 0.393 bits per heavy atom. The van der Waals surface area contributed by atoms with Crippen molar-refractivity contribution in [3.8, 4) is 134 Å². The molecule has 0 aliphatic heterocycles. The molecule has 0 unspecified atom stereocenters. The number of pyridine rings is 8. The number of furan rings is 4. The molecule has 0 aliphatic rings. The van der Waals surface area contributed by atoms with Crippen LogP contribution >= 0.6 is 0 Å². The quantitative estimate of drug-likeness (QED) is 0.114. The van der Waals surface area contributed by atoms with Gasteiger partial charge in [-0.1, -0.05) is 158 Å². The van der Waals surface area contributed by atoms with E-state index in [1.165, 1.54) is 0 Å². The Balaban J connectivity index is 0.000000141. The maximum absolute atomic E-state index is 6.50. The second-order valence-electron chi connectivity index (χ2n) is 27.8. The van der Waals surface area contributed by atoms with Crippen molar-refractivity contribution in [2.24, 2.45) is 0 Å². The highest BCUT2D eigenvalue weighted by molar-refractivity contribution is 6.13. The zero-order chi connectivity index (χ0) is 74.0. The van der Waals surface area contributed by atoms with Crippen LogP contribution in [0.3, 0.4) is 0 Å². The third-order valence-corrected chi connectivity index (χ3v) is 21.2. The highest BCUT2D eigenvalue weighted by Gasteiger charge is 2.22. The van der Waals surface area contributed by atoms with Crippen molar-refractivity contribution in [2.45, 2.75) is 0 Å². The van der Waals surface area contributed by atoms with E-state index in [4.69, 9.17) is 37.6 Å². The number of hydrogen-bond donors (Lipinski definition) is 0. The van der Waals surface area contributed by atoms with Crippen molar-refractivity contribution in [2.75, 3.05) is 0 Å². The third kappa shape index (κ3) is 11.8. The standard InChI is InChI=1S/2C50H30N4O2/c1-5-33(25-35(7-1)39-9-3-21-51-29-39)37-15-17-45-43(27-37)47-49(55-45)41(19-23-53-47)31-11-13-32(14-12-31)42-20-24-54-48-44-28-38(16-18-46(44)56-50(42)48)34-6-2-8-36(26-34)40-10-4-22-52-30-40;1-3-35(31-15-21-51-22-16-31)27-37(5-1)39-11-13-45-43(29-39)47-49(55-45)41(19-25-53-47)33-7-9-34(10-8-33)42-20-26-54-48-44-30-40(12-14-46(44)56-50(42)48)38-6-2-4-36(28-38)32-17-23-52-24-18-32/h2*1-30H. The molecule has 0 aliphatic carbocycles. The van der Waals surface area contributed by atoms with E-state index in [0.717, 1.165) is 222 Å². The number of aromatic nitrogens is 8. The van der Waals surface area contributed by atoms with E-state index in [9.17, 15) is 0 Å². The van der Waals surface area contributed by atoms with Crippen molar-refractivity contribution in [1.82, 2.24) is 39.9 Å². The van der Waals surface area contributed by atoms with Gasteiger partial charge in [-0.3, -0.25) is 39.9 Å². The zero-order valence-corrected chi connectivity index (χ0v) is 59.9. The molecule has 12 aromatic heterocycles. The molecule has 0 atom stereocenters. The van der Waals surface area contributed by atoms with Gasteiger partial charge in [0.1, 0.15) is 44.4 Å². The summed E-state index contributed by atoms with van der Waals surface area (Å²) >= 11 is 0. The van der Waals surface area contributed by atoms with Crippen LogP contribution in [0.5, 0.6) is 0 Å². The molecule has 12 heteroatoms. The number of benzene rings is 10. The first kappa shape index (κ1) is 64.9. The zero-order valence-electron chi connectivity index (χ0n) is 59.9. The van der Waals surface area contributed by atoms with Crippen LogP contribution in [0.4, 0.5) is 0 Å². The molecule has 0 N–H and O–H groups in total. The van der Waals surface area contributed by atoms with Crippen molar-refractivity contribution in [3.63, 3.8) is 0 Å². The van der Waals surface area contributed by atoms with Crippen LogP contribution in [0, 0.1) is 0 Å². The first-order chi connectivity index (χ1) is 55.5. The molecule has 12 heterocycles. The van der Waals surface area contributed by atoms with Crippen LogP contribution in [0.25, 0.3) is 222 Å². The molecule has 0 fully saturated rings. The van der Waals surface area contributed by atoms with Crippen molar-refractivity contribution in [1.29, 1.82) is 0 Å². The molecule has 112 heavy (non-hydrogen) atoms. The van der Waals surface area contributed by atoms with E-state index in [-0.39, 0.29) is 0 Å². The molecule has 0 amide bonds. The minimum absolute atomic E-state index is 0.766. The normalized spacial score (nSPS) is 11.6. The first-order valence-corrected chi connectivity index (χ1v) is 37.0. The number of rotatable bonds is 12. The summed E-state index contributed by atoms with van der Waals surface area (Å²) in [5.74, 6) is 0. The molecule has 524 valence electrons. The van der Waals surface area contributed by atoms with Crippen molar-refractivity contribution < 1.29 is 17.7 Å². The highest BCUT2D eigenvalue weighted by atomic mass is 16.3. The summed E-state index contributed by atoms with van der Waals surface area (Å²) in [6.45, 7) is 0. The molecule has 22 rings (SSSR count). The Hall–Kier alpha value is -15.4. The van der Waals surface area contributed by atoms with Crippen LogP contribution in [-0.4, -0.2) is 39.9 Å². The summed E-state index contributed by atoms with van der Waals surface area (Å²) in [7, 11) is 0. The van der Waals surface area contributed by atoms with Gasteiger partial charge in [0.25, 0.3) is 0 Å². The van der Waals surface area contributed by atoms with E-state index in [1.807, 2.05) is 147 Å². The molecular weight excluding hydrogens is 1380 g/mol. The van der Waals surface area contributed by atoms with Gasteiger partial charge in [0.2, 0.25) is 0 Å². The monoisotopic (exact) mass is 1440 g/mol. The summed E-state index contributed by atoms with van der Waals surface area (Å²) in [5, 5.41) is 3.94. The van der Waals surface area contributed by atoms with Gasteiger partial charge in [0, 0.05) is 129 Å². The van der Waals surface area contributed by atoms with E-state index >= 15 is 0 Å². The number of hydrogen-bond acceptors (Lipinski definition) is 12. The fraction of sp³-hybridized carbons (Fsp3) is 0. The molecule has 22 aromatic rings. The largest absolute Gasteiger partial charge is 0.454 e. The lowest BCUT2D eigenvalue weighted by atomic mass is 9.98. The average Bonchev–Trinajstić information content (AvgIpc) is 1.61. The maximum atomic E-state index is 6.50.